The fourth-order valence-electron chi connectivity index (χ4n) is 2.75. The van der Waals surface area contributed by atoms with Crippen LogP contribution in [0.3, 0.4) is 0 Å². The van der Waals surface area contributed by atoms with Crippen molar-refractivity contribution >= 4 is 5.69 Å². The molecule has 1 heterocycles. The van der Waals surface area contributed by atoms with Crippen molar-refractivity contribution in [3.63, 3.8) is 0 Å². The van der Waals surface area contributed by atoms with Crippen LogP contribution >= 0.6 is 0 Å². The fourth-order valence-corrected chi connectivity index (χ4v) is 2.75. The zero-order chi connectivity index (χ0) is 14.0. The summed E-state index contributed by atoms with van der Waals surface area (Å²) in [5.41, 5.74) is 7.93. The number of morpholine rings is 1. The molecule has 0 aromatic heterocycles. The molecular weight excluding hydrogens is 243 g/mol. The quantitative estimate of drug-likeness (QED) is 0.912. The Morgan fingerprint density at radius 2 is 2.00 bits per heavy atom. The third-order valence-electron chi connectivity index (χ3n) is 3.34. The number of anilines is 1. The van der Waals surface area contributed by atoms with Crippen LogP contribution in [-0.2, 0) is 11.2 Å². The van der Waals surface area contributed by atoms with Crippen LogP contribution < -0.4 is 10.6 Å². The number of hydrogen-bond donors (Lipinski definition) is 1. The van der Waals surface area contributed by atoms with E-state index in [2.05, 4.69) is 18.7 Å². The first kappa shape index (κ1) is 14.3. The number of nitrogens with two attached hydrogens (primary N) is 1. The maximum absolute atomic E-state index is 13.4. The van der Waals surface area contributed by atoms with Gasteiger partial charge in [-0.15, -0.1) is 0 Å². The zero-order valence-corrected chi connectivity index (χ0v) is 11.9. The number of nitrogens with zero attached hydrogens (tertiary/aromatic N) is 1. The third-order valence-corrected chi connectivity index (χ3v) is 3.34. The maximum atomic E-state index is 13.4. The molecule has 0 bridgehead atoms. The lowest BCUT2D eigenvalue weighted by atomic mass is 10.0. The minimum absolute atomic E-state index is 0.0245. The van der Waals surface area contributed by atoms with Crippen LogP contribution in [0.5, 0.6) is 0 Å². The van der Waals surface area contributed by atoms with E-state index < -0.39 is 0 Å². The lowest BCUT2D eigenvalue weighted by Crippen LogP contribution is -2.46. The minimum atomic E-state index is -0.200. The van der Waals surface area contributed by atoms with Gasteiger partial charge in [0, 0.05) is 24.8 Å². The van der Waals surface area contributed by atoms with Crippen LogP contribution in [0.25, 0.3) is 0 Å². The Balaban J connectivity index is 2.27. The van der Waals surface area contributed by atoms with Gasteiger partial charge in [-0.3, -0.25) is 0 Å². The molecule has 1 aromatic carbocycles. The van der Waals surface area contributed by atoms with Gasteiger partial charge in [0.2, 0.25) is 0 Å². The maximum Gasteiger partial charge on any atom is 0.123 e. The molecule has 0 radical (unpaired) electrons. The molecule has 0 aliphatic carbocycles. The number of rotatable bonds is 3. The molecule has 19 heavy (non-hydrogen) atoms. The molecule has 0 amide bonds. The number of hydrogen-bond acceptors (Lipinski definition) is 3. The van der Waals surface area contributed by atoms with Crippen LogP contribution in [0.2, 0.25) is 0 Å². The standard InChI is InChI=1S/C15H23FN2O/c1-10(17)6-13-7-14(16)4-5-15(13)18-8-11(2)19-12(3)9-18/h4-5,7,10-12H,6,8-9,17H2,1-3H3/t10?,11-,12+. The molecule has 1 fully saturated rings. The average Bonchev–Trinajstić information content (AvgIpc) is 2.26. The zero-order valence-electron chi connectivity index (χ0n) is 11.9. The van der Waals surface area contributed by atoms with Crippen molar-refractivity contribution in [1.82, 2.24) is 0 Å². The highest BCUT2D eigenvalue weighted by molar-refractivity contribution is 5.54. The van der Waals surface area contributed by atoms with E-state index in [0.29, 0.717) is 6.42 Å². The van der Waals surface area contributed by atoms with Gasteiger partial charge >= 0.3 is 0 Å². The van der Waals surface area contributed by atoms with Gasteiger partial charge < -0.3 is 15.4 Å². The average molecular weight is 266 g/mol. The number of halogens is 1. The van der Waals surface area contributed by atoms with E-state index in [1.807, 2.05) is 13.0 Å². The lowest BCUT2D eigenvalue weighted by Gasteiger charge is -2.38. The Hall–Kier alpha value is -1.13. The summed E-state index contributed by atoms with van der Waals surface area (Å²) >= 11 is 0. The van der Waals surface area contributed by atoms with E-state index in [-0.39, 0.29) is 24.1 Å². The molecular formula is C15H23FN2O. The van der Waals surface area contributed by atoms with Gasteiger partial charge in [0.1, 0.15) is 5.82 Å². The summed E-state index contributed by atoms with van der Waals surface area (Å²) in [7, 11) is 0. The Labute approximate surface area is 114 Å². The SMILES string of the molecule is CC(N)Cc1cc(F)ccc1N1C[C@@H](C)O[C@@H](C)C1. The highest BCUT2D eigenvalue weighted by atomic mass is 19.1. The molecule has 0 saturated carbocycles. The summed E-state index contributed by atoms with van der Waals surface area (Å²) in [5.74, 6) is -0.200. The summed E-state index contributed by atoms with van der Waals surface area (Å²) in [5, 5.41) is 0. The van der Waals surface area contributed by atoms with E-state index in [9.17, 15) is 4.39 Å². The first-order valence-corrected chi connectivity index (χ1v) is 6.90. The van der Waals surface area contributed by atoms with E-state index in [4.69, 9.17) is 10.5 Å². The van der Waals surface area contributed by atoms with Crippen molar-refractivity contribution in [1.29, 1.82) is 0 Å². The third kappa shape index (κ3) is 3.67. The van der Waals surface area contributed by atoms with Crippen molar-refractivity contribution in [2.45, 2.75) is 45.4 Å². The second kappa shape index (κ2) is 5.88. The Kier molecular flexibility index (Phi) is 4.42. The summed E-state index contributed by atoms with van der Waals surface area (Å²) < 4.78 is 19.2. The molecule has 1 aliphatic rings. The lowest BCUT2D eigenvalue weighted by molar-refractivity contribution is -0.00526. The van der Waals surface area contributed by atoms with E-state index in [1.54, 1.807) is 6.07 Å². The van der Waals surface area contributed by atoms with Crippen LogP contribution in [0, 0.1) is 5.82 Å². The summed E-state index contributed by atoms with van der Waals surface area (Å²) in [6.45, 7) is 7.75. The van der Waals surface area contributed by atoms with E-state index in [1.165, 1.54) is 6.07 Å². The molecule has 1 saturated heterocycles. The van der Waals surface area contributed by atoms with Crippen LogP contribution in [0.15, 0.2) is 18.2 Å². The Morgan fingerprint density at radius 3 is 2.58 bits per heavy atom. The highest BCUT2D eigenvalue weighted by Gasteiger charge is 2.24. The van der Waals surface area contributed by atoms with Crippen molar-refractivity contribution in [3.05, 3.63) is 29.6 Å². The predicted molar refractivity (Wildman–Crippen MR) is 76.0 cm³/mol. The minimum Gasteiger partial charge on any atom is -0.372 e. The molecule has 3 atom stereocenters. The first-order valence-electron chi connectivity index (χ1n) is 6.90. The van der Waals surface area contributed by atoms with Gasteiger partial charge in [0.15, 0.2) is 0 Å². The summed E-state index contributed by atoms with van der Waals surface area (Å²) in [4.78, 5) is 2.27. The largest absolute Gasteiger partial charge is 0.372 e. The topological polar surface area (TPSA) is 38.5 Å². The Bertz CT molecular complexity index is 426. The molecule has 1 aromatic rings. The second-order valence-corrected chi connectivity index (χ2v) is 5.62. The van der Waals surface area contributed by atoms with E-state index >= 15 is 0 Å². The normalized spacial score (nSPS) is 25.4. The molecule has 3 nitrogen and oxygen atoms in total. The number of ether oxygens (including phenoxy) is 1. The van der Waals surface area contributed by atoms with E-state index in [0.717, 1.165) is 24.3 Å². The van der Waals surface area contributed by atoms with Crippen molar-refractivity contribution in [2.75, 3.05) is 18.0 Å². The molecule has 1 unspecified atom stereocenters. The van der Waals surface area contributed by atoms with Gasteiger partial charge in [0.25, 0.3) is 0 Å². The Morgan fingerprint density at radius 1 is 1.37 bits per heavy atom. The molecule has 106 valence electrons. The van der Waals surface area contributed by atoms with Crippen LogP contribution in [0.4, 0.5) is 10.1 Å². The smallest absolute Gasteiger partial charge is 0.123 e. The van der Waals surface area contributed by atoms with Gasteiger partial charge in [-0.25, -0.2) is 4.39 Å². The van der Waals surface area contributed by atoms with Gasteiger partial charge in [0.05, 0.1) is 12.2 Å². The van der Waals surface area contributed by atoms with Crippen LogP contribution in [0.1, 0.15) is 26.3 Å². The summed E-state index contributed by atoms with van der Waals surface area (Å²) in [6.07, 6.45) is 1.07. The summed E-state index contributed by atoms with van der Waals surface area (Å²) in [6, 6.07) is 5.00. The van der Waals surface area contributed by atoms with Crippen molar-refractivity contribution in [2.24, 2.45) is 5.73 Å². The molecule has 2 rings (SSSR count). The molecule has 1 aliphatic heterocycles. The molecule has 2 N–H and O–H groups in total. The fraction of sp³-hybridized carbons (Fsp3) is 0.600. The van der Waals surface area contributed by atoms with Gasteiger partial charge in [-0.1, -0.05) is 0 Å². The second-order valence-electron chi connectivity index (χ2n) is 5.62. The monoisotopic (exact) mass is 266 g/mol. The van der Waals surface area contributed by atoms with Crippen LogP contribution in [-0.4, -0.2) is 31.3 Å². The number of benzene rings is 1. The highest BCUT2D eigenvalue weighted by Crippen LogP contribution is 2.26. The van der Waals surface area contributed by atoms with Crippen molar-refractivity contribution < 1.29 is 9.13 Å². The van der Waals surface area contributed by atoms with Gasteiger partial charge in [-0.05, 0) is 51.0 Å². The first-order chi connectivity index (χ1) is 8.95. The van der Waals surface area contributed by atoms with Crippen molar-refractivity contribution in [3.8, 4) is 0 Å². The molecule has 4 heteroatoms. The molecule has 0 spiro atoms. The predicted octanol–water partition coefficient (Wildman–Crippen LogP) is 2.33. The van der Waals surface area contributed by atoms with Gasteiger partial charge in [-0.2, -0.15) is 0 Å².